The molecule has 2 aromatic heterocycles. The molecule has 6 nitrogen and oxygen atoms in total. The number of anilines is 2. The first kappa shape index (κ1) is 14.0. The number of nitrogens with zero attached hydrogens (tertiary/aromatic N) is 5. The highest BCUT2D eigenvalue weighted by atomic mass is 16.4. The molecule has 0 saturated carbocycles. The molecule has 0 atom stereocenters. The maximum atomic E-state index is 5.86. The average Bonchev–Trinajstić information content (AvgIpc) is 3.02. The lowest BCUT2D eigenvalue weighted by atomic mass is 10.2. The van der Waals surface area contributed by atoms with E-state index in [0.717, 1.165) is 54.4 Å². The van der Waals surface area contributed by atoms with Gasteiger partial charge in [0.2, 0.25) is 0 Å². The first-order chi connectivity index (χ1) is 11.2. The summed E-state index contributed by atoms with van der Waals surface area (Å²) >= 11 is 0. The minimum absolute atomic E-state index is 0.710. The maximum Gasteiger partial charge on any atom is 0.298 e. The molecular formula is C17H19N5O. The van der Waals surface area contributed by atoms with Gasteiger partial charge in [-0.25, -0.2) is 9.97 Å². The summed E-state index contributed by atoms with van der Waals surface area (Å²) in [4.78, 5) is 17.8. The summed E-state index contributed by atoms with van der Waals surface area (Å²) in [6, 6.07) is 8.59. The summed E-state index contributed by atoms with van der Waals surface area (Å²) in [5.41, 5.74) is 3.94. The highest BCUT2D eigenvalue weighted by Gasteiger charge is 2.23. The average molecular weight is 309 g/mol. The molecule has 0 spiro atoms. The van der Waals surface area contributed by atoms with E-state index in [4.69, 9.17) is 4.42 Å². The number of aryl methyl sites for hydroxylation is 1. The first-order valence-electron chi connectivity index (χ1n) is 7.86. The van der Waals surface area contributed by atoms with Crippen molar-refractivity contribution >= 4 is 22.9 Å². The molecule has 3 heterocycles. The van der Waals surface area contributed by atoms with Crippen molar-refractivity contribution < 1.29 is 4.42 Å². The smallest absolute Gasteiger partial charge is 0.298 e. The lowest BCUT2D eigenvalue weighted by Crippen LogP contribution is -2.47. The number of oxazole rings is 1. The van der Waals surface area contributed by atoms with Crippen LogP contribution in [-0.2, 0) is 0 Å². The van der Waals surface area contributed by atoms with E-state index >= 15 is 0 Å². The van der Waals surface area contributed by atoms with E-state index in [-0.39, 0.29) is 0 Å². The van der Waals surface area contributed by atoms with Crippen molar-refractivity contribution in [2.75, 3.05) is 36.0 Å². The van der Waals surface area contributed by atoms with Gasteiger partial charge in [0.1, 0.15) is 17.7 Å². The van der Waals surface area contributed by atoms with E-state index in [2.05, 4.69) is 31.7 Å². The Kier molecular flexibility index (Phi) is 3.37. The first-order valence-corrected chi connectivity index (χ1v) is 7.86. The van der Waals surface area contributed by atoms with Gasteiger partial charge >= 0.3 is 0 Å². The lowest BCUT2D eigenvalue weighted by molar-refractivity contribution is 0.540. The Hall–Kier alpha value is -2.63. The number of hydrogen-bond donors (Lipinski definition) is 0. The number of fused-ring (bicyclic) bond motifs is 1. The second kappa shape index (κ2) is 5.53. The fourth-order valence-electron chi connectivity index (χ4n) is 2.95. The number of rotatable bonds is 2. The van der Waals surface area contributed by atoms with E-state index in [1.807, 2.05) is 31.2 Å². The molecule has 1 aliphatic rings. The summed E-state index contributed by atoms with van der Waals surface area (Å²) in [6.07, 6.45) is 1.64. The lowest BCUT2D eigenvalue weighted by Gasteiger charge is -2.35. The van der Waals surface area contributed by atoms with Gasteiger partial charge in [0.15, 0.2) is 5.58 Å². The van der Waals surface area contributed by atoms with Crippen LogP contribution in [0.25, 0.3) is 11.1 Å². The minimum atomic E-state index is 0.710. The number of hydrogen-bond acceptors (Lipinski definition) is 6. The van der Waals surface area contributed by atoms with Crippen LogP contribution in [0.2, 0.25) is 0 Å². The van der Waals surface area contributed by atoms with Gasteiger partial charge in [-0.3, -0.25) is 0 Å². The van der Waals surface area contributed by atoms with Crippen molar-refractivity contribution in [3.8, 4) is 0 Å². The zero-order chi connectivity index (χ0) is 15.8. The van der Waals surface area contributed by atoms with E-state index in [9.17, 15) is 0 Å². The Labute approximate surface area is 134 Å². The molecule has 0 radical (unpaired) electrons. The van der Waals surface area contributed by atoms with Crippen molar-refractivity contribution in [2.24, 2.45) is 0 Å². The van der Waals surface area contributed by atoms with E-state index in [1.165, 1.54) is 0 Å². The van der Waals surface area contributed by atoms with E-state index in [0.29, 0.717) is 6.01 Å². The second-order valence-corrected chi connectivity index (χ2v) is 5.85. The van der Waals surface area contributed by atoms with Gasteiger partial charge < -0.3 is 14.2 Å². The minimum Gasteiger partial charge on any atom is -0.423 e. The largest absolute Gasteiger partial charge is 0.423 e. The summed E-state index contributed by atoms with van der Waals surface area (Å²) in [6.45, 7) is 7.64. The molecule has 1 saturated heterocycles. The van der Waals surface area contributed by atoms with Crippen LogP contribution in [0, 0.1) is 13.8 Å². The molecule has 0 amide bonds. The molecule has 0 aliphatic carbocycles. The highest BCUT2D eigenvalue weighted by molar-refractivity contribution is 5.74. The molecular weight excluding hydrogens is 290 g/mol. The normalized spacial score (nSPS) is 15.4. The molecule has 6 heteroatoms. The Bertz CT molecular complexity index is 803. The SMILES string of the molecule is Cc1ncnc(N2CCN(c3nc4ccccc4o3)CC2)c1C. The summed E-state index contributed by atoms with van der Waals surface area (Å²) in [7, 11) is 0. The fraction of sp³-hybridized carbons (Fsp3) is 0.353. The van der Waals surface area contributed by atoms with Gasteiger partial charge in [-0.15, -0.1) is 0 Å². The van der Waals surface area contributed by atoms with E-state index < -0.39 is 0 Å². The summed E-state index contributed by atoms with van der Waals surface area (Å²) in [5.74, 6) is 1.04. The quantitative estimate of drug-likeness (QED) is 0.725. The van der Waals surface area contributed by atoms with Crippen molar-refractivity contribution in [3.63, 3.8) is 0 Å². The summed E-state index contributed by atoms with van der Waals surface area (Å²) < 4.78 is 5.86. The molecule has 0 bridgehead atoms. The molecule has 118 valence electrons. The number of piperazine rings is 1. The van der Waals surface area contributed by atoms with Crippen molar-refractivity contribution in [1.29, 1.82) is 0 Å². The number of benzene rings is 1. The predicted octanol–water partition coefficient (Wildman–Crippen LogP) is 2.56. The molecule has 0 N–H and O–H groups in total. The van der Waals surface area contributed by atoms with Gasteiger partial charge in [-0.2, -0.15) is 4.98 Å². The van der Waals surface area contributed by atoms with Gasteiger partial charge in [0, 0.05) is 37.4 Å². The van der Waals surface area contributed by atoms with Crippen LogP contribution in [0.15, 0.2) is 35.0 Å². The Morgan fingerprint density at radius 3 is 2.48 bits per heavy atom. The third kappa shape index (κ3) is 2.50. The molecule has 0 unspecified atom stereocenters. The monoisotopic (exact) mass is 309 g/mol. The predicted molar refractivity (Wildman–Crippen MR) is 89.9 cm³/mol. The Morgan fingerprint density at radius 1 is 0.957 bits per heavy atom. The Balaban J connectivity index is 1.51. The molecule has 4 rings (SSSR count). The third-order valence-electron chi connectivity index (χ3n) is 4.44. The Morgan fingerprint density at radius 2 is 1.70 bits per heavy atom. The van der Waals surface area contributed by atoms with Crippen LogP contribution < -0.4 is 9.80 Å². The van der Waals surface area contributed by atoms with Crippen LogP contribution in [0.5, 0.6) is 0 Å². The molecule has 3 aromatic rings. The van der Waals surface area contributed by atoms with Crippen LogP contribution in [0.4, 0.5) is 11.8 Å². The van der Waals surface area contributed by atoms with Crippen molar-refractivity contribution in [1.82, 2.24) is 15.0 Å². The number of para-hydroxylation sites is 2. The van der Waals surface area contributed by atoms with Gasteiger partial charge in [-0.05, 0) is 26.0 Å². The second-order valence-electron chi connectivity index (χ2n) is 5.85. The van der Waals surface area contributed by atoms with Crippen molar-refractivity contribution in [3.05, 3.63) is 41.9 Å². The number of aromatic nitrogens is 3. The molecule has 1 aromatic carbocycles. The zero-order valence-electron chi connectivity index (χ0n) is 13.4. The molecule has 23 heavy (non-hydrogen) atoms. The third-order valence-corrected chi connectivity index (χ3v) is 4.44. The van der Waals surface area contributed by atoms with Crippen LogP contribution in [-0.4, -0.2) is 41.1 Å². The van der Waals surface area contributed by atoms with Crippen LogP contribution in [0.3, 0.4) is 0 Å². The van der Waals surface area contributed by atoms with E-state index in [1.54, 1.807) is 6.33 Å². The van der Waals surface area contributed by atoms with Gasteiger partial charge in [0.25, 0.3) is 6.01 Å². The van der Waals surface area contributed by atoms with Crippen molar-refractivity contribution in [2.45, 2.75) is 13.8 Å². The van der Waals surface area contributed by atoms with Gasteiger partial charge in [0.05, 0.1) is 0 Å². The van der Waals surface area contributed by atoms with Gasteiger partial charge in [-0.1, -0.05) is 12.1 Å². The van der Waals surface area contributed by atoms with Crippen LogP contribution in [0.1, 0.15) is 11.3 Å². The van der Waals surface area contributed by atoms with Crippen LogP contribution >= 0.6 is 0 Å². The fourth-order valence-corrected chi connectivity index (χ4v) is 2.95. The highest BCUT2D eigenvalue weighted by Crippen LogP contribution is 2.24. The zero-order valence-corrected chi connectivity index (χ0v) is 13.4. The molecule has 1 aliphatic heterocycles. The standard InChI is InChI=1S/C17H19N5O/c1-12-13(2)18-11-19-16(12)21-7-9-22(10-8-21)17-20-14-5-3-4-6-15(14)23-17/h3-6,11H,7-10H2,1-2H3. The molecule has 1 fully saturated rings. The summed E-state index contributed by atoms with van der Waals surface area (Å²) in [5, 5.41) is 0. The topological polar surface area (TPSA) is 58.3 Å². The maximum absolute atomic E-state index is 5.86.